The summed E-state index contributed by atoms with van der Waals surface area (Å²) in [4.78, 5) is 14.2. The van der Waals surface area contributed by atoms with Crippen LogP contribution in [0.25, 0.3) is 0 Å². The molecule has 3 rings (SSSR count). The van der Waals surface area contributed by atoms with Crippen LogP contribution in [0.2, 0.25) is 0 Å². The van der Waals surface area contributed by atoms with Crippen LogP contribution in [0.15, 0.2) is 42.1 Å². The van der Waals surface area contributed by atoms with Crippen molar-refractivity contribution in [1.82, 2.24) is 10.2 Å². The van der Waals surface area contributed by atoms with Crippen molar-refractivity contribution in [3.63, 3.8) is 0 Å². The number of fused-ring (bicyclic) bond motifs is 1. The molecule has 0 aromatic heterocycles. The fraction of sp³-hybridized carbons (Fsp3) is 0.421. The number of hydrogen-bond acceptors (Lipinski definition) is 3. The van der Waals surface area contributed by atoms with E-state index in [0.717, 1.165) is 29.2 Å². The molecule has 1 aromatic carbocycles. The van der Waals surface area contributed by atoms with Crippen LogP contribution in [0.4, 0.5) is 10.5 Å². The molecule has 2 atom stereocenters. The van der Waals surface area contributed by atoms with Crippen LogP contribution >= 0.6 is 0 Å². The largest absolute Gasteiger partial charge is 0.492 e. The van der Waals surface area contributed by atoms with E-state index < -0.39 is 0 Å². The molecule has 0 aliphatic heterocycles. The van der Waals surface area contributed by atoms with Gasteiger partial charge in [-0.25, -0.2) is 4.79 Å². The maximum absolute atomic E-state index is 12.2. The zero-order chi connectivity index (χ0) is 17.1. The lowest BCUT2D eigenvalue weighted by Gasteiger charge is -2.15. The Hall–Kier alpha value is -2.27. The van der Waals surface area contributed by atoms with Gasteiger partial charge in [-0.1, -0.05) is 18.2 Å². The van der Waals surface area contributed by atoms with Gasteiger partial charge in [-0.15, -0.1) is 0 Å². The molecule has 0 radical (unpaired) electrons. The van der Waals surface area contributed by atoms with Crippen molar-refractivity contribution in [1.29, 1.82) is 0 Å². The number of carbonyl (C=O) groups is 1. The number of nitrogens with one attached hydrogen (secondary N) is 2. The summed E-state index contributed by atoms with van der Waals surface area (Å²) in [7, 11) is 4.02. The number of carbonyl (C=O) groups excluding carboxylic acids is 1. The fourth-order valence-corrected chi connectivity index (χ4v) is 2.71. The van der Waals surface area contributed by atoms with E-state index in [4.69, 9.17) is 4.74 Å². The Morgan fingerprint density at radius 3 is 2.88 bits per heavy atom. The topological polar surface area (TPSA) is 53.6 Å². The van der Waals surface area contributed by atoms with Gasteiger partial charge in [0.05, 0.1) is 0 Å². The lowest BCUT2D eigenvalue weighted by Crippen LogP contribution is -2.28. The predicted octanol–water partition coefficient (Wildman–Crippen LogP) is 3.15. The number of benzene rings is 1. The molecule has 0 heterocycles. The van der Waals surface area contributed by atoms with E-state index in [1.54, 1.807) is 0 Å². The Morgan fingerprint density at radius 2 is 2.12 bits per heavy atom. The molecule has 1 aromatic rings. The smallest absolute Gasteiger partial charge is 0.323 e. The second-order valence-corrected chi connectivity index (χ2v) is 6.76. The molecule has 1 saturated carbocycles. The van der Waals surface area contributed by atoms with Crippen molar-refractivity contribution in [2.24, 2.45) is 11.8 Å². The Bertz CT molecular complexity index is 679. The lowest BCUT2D eigenvalue weighted by molar-refractivity contribution is 0.254. The van der Waals surface area contributed by atoms with Gasteiger partial charge in [0.2, 0.25) is 0 Å². The number of allylic oxidation sites excluding steroid dienone is 3. The number of urea groups is 1. The maximum Gasteiger partial charge on any atom is 0.323 e. The van der Waals surface area contributed by atoms with E-state index in [9.17, 15) is 4.79 Å². The first kappa shape index (κ1) is 16.6. The molecule has 1 fully saturated rings. The molecule has 5 heteroatoms. The fourth-order valence-electron chi connectivity index (χ4n) is 2.71. The van der Waals surface area contributed by atoms with Crippen LogP contribution in [-0.2, 0) is 0 Å². The molecule has 128 valence electrons. The van der Waals surface area contributed by atoms with Crippen molar-refractivity contribution in [3.8, 4) is 5.75 Å². The zero-order valence-corrected chi connectivity index (χ0v) is 14.5. The normalized spacial score (nSPS) is 21.1. The first-order valence-electron chi connectivity index (χ1n) is 8.37. The summed E-state index contributed by atoms with van der Waals surface area (Å²) in [5, 5.41) is 5.76. The molecular weight excluding hydrogens is 302 g/mol. The van der Waals surface area contributed by atoms with Gasteiger partial charge < -0.3 is 20.3 Å². The van der Waals surface area contributed by atoms with Crippen LogP contribution in [0.3, 0.4) is 0 Å². The first-order valence-corrected chi connectivity index (χ1v) is 8.37. The molecule has 2 N–H and O–H groups in total. The molecule has 2 unspecified atom stereocenters. The van der Waals surface area contributed by atoms with Crippen LogP contribution in [0, 0.1) is 18.8 Å². The van der Waals surface area contributed by atoms with Crippen molar-refractivity contribution >= 4 is 11.7 Å². The molecule has 2 aliphatic rings. The molecule has 5 nitrogen and oxygen atoms in total. The molecular formula is C19H25N3O2. The minimum absolute atomic E-state index is 0.229. The number of aryl methyl sites for hydroxylation is 1. The van der Waals surface area contributed by atoms with Crippen LogP contribution in [0.1, 0.15) is 12.0 Å². The Labute approximate surface area is 143 Å². The van der Waals surface area contributed by atoms with E-state index in [-0.39, 0.29) is 6.03 Å². The summed E-state index contributed by atoms with van der Waals surface area (Å²) in [5.41, 5.74) is 2.65. The highest BCUT2D eigenvalue weighted by atomic mass is 16.5. The monoisotopic (exact) mass is 327 g/mol. The van der Waals surface area contributed by atoms with Gasteiger partial charge in [0.15, 0.2) is 0 Å². The van der Waals surface area contributed by atoms with Crippen molar-refractivity contribution in [2.75, 3.05) is 32.6 Å². The summed E-state index contributed by atoms with van der Waals surface area (Å²) in [6.07, 6.45) is 7.49. The summed E-state index contributed by atoms with van der Waals surface area (Å²) in [6, 6.07) is 5.48. The highest BCUT2D eigenvalue weighted by molar-refractivity contribution is 5.91. The van der Waals surface area contributed by atoms with Crippen molar-refractivity contribution in [3.05, 3.63) is 47.7 Å². The van der Waals surface area contributed by atoms with Gasteiger partial charge in [0.25, 0.3) is 0 Å². The van der Waals surface area contributed by atoms with Gasteiger partial charge in [-0.2, -0.15) is 0 Å². The van der Waals surface area contributed by atoms with E-state index in [0.29, 0.717) is 18.4 Å². The van der Waals surface area contributed by atoms with Crippen LogP contribution in [-0.4, -0.2) is 38.2 Å². The number of likely N-dealkylation sites (N-methyl/N-ethyl adjacent to an activating group) is 1. The number of rotatable bonds is 6. The lowest BCUT2D eigenvalue weighted by atomic mass is 10.1. The average Bonchev–Trinajstić information content (AvgIpc) is 3.28. The molecule has 24 heavy (non-hydrogen) atoms. The quantitative estimate of drug-likeness (QED) is 0.844. The Kier molecular flexibility index (Phi) is 4.90. The minimum atomic E-state index is -0.229. The van der Waals surface area contributed by atoms with Crippen molar-refractivity contribution < 1.29 is 9.53 Å². The van der Waals surface area contributed by atoms with Crippen LogP contribution in [0.5, 0.6) is 5.75 Å². The number of nitrogens with zero attached hydrogens (tertiary/aromatic N) is 1. The van der Waals surface area contributed by atoms with E-state index in [1.165, 1.54) is 6.42 Å². The maximum atomic E-state index is 12.2. The third-order valence-electron chi connectivity index (χ3n) is 4.31. The third-order valence-corrected chi connectivity index (χ3v) is 4.31. The van der Waals surface area contributed by atoms with Gasteiger partial charge >= 0.3 is 6.03 Å². The third kappa shape index (κ3) is 4.38. The number of hydrogen-bond donors (Lipinski definition) is 2. The molecule has 2 aliphatic carbocycles. The summed E-state index contributed by atoms with van der Waals surface area (Å²) >= 11 is 0. The highest BCUT2D eigenvalue weighted by Crippen LogP contribution is 2.43. The molecule has 2 amide bonds. The second-order valence-electron chi connectivity index (χ2n) is 6.76. The highest BCUT2D eigenvalue weighted by Gasteiger charge is 2.35. The number of ether oxygens (including phenoxy) is 1. The van der Waals surface area contributed by atoms with E-state index in [2.05, 4.69) is 27.7 Å². The Morgan fingerprint density at radius 1 is 1.29 bits per heavy atom. The first-order chi connectivity index (χ1) is 11.5. The number of amides is 2. The van der Waals surface area contributed by atoms with Crippen LogP contribution < -0.4 is 15.4 Å². The number of anilines is 1. The summed E-state index contributed by atoms with van der Waals surface area (Å²) in [6.45, 7) is 3.46. The predicted molar refractivity (Wildman–Crippen MR) is 96.2 cm³/mol. The minimum Gasteiger partial charge on any atom is -0.492 e. The Balaban J connectivity index is 1.56. The van der Waals surface area contributed by atoms with Gasteiger partial charge in [-0.05, 0) is 57.0 Å². The molecule has 0 spiro atoms. The van der Waals surface area contributed by atoms with Gasteiger partial charge in [0.1, 0.15) is 12.4 Å². The summed E-state index contributed by atoms with van der Waals surface area (Å²) in [5.74, 6) is 2.10. The average molecular weight is 327 g/mol. The molecule has 0 saturated heterocycles. The molecule has 0 bridgehead atoms. The summed E-state index contributed by atoms with van der Waals surface area (Å²) < 4.78 is 5.80. The van der Waals surface area contributed by atoms with E-state index in [1.807, 2.05) is 45.3 Å². The van der Waals surface area contributed by atoms with Gasteiger partial charge in [-0.3, -0.25) is 0 Å². The SMILES string of the molecule is Cc1ccc(NC(=O)NC2=CC3CC3C=C2)cc1OCCN(C)C. The zero-order valence-electron chi connectivity index (χ0n) is 14.5. The van der Waals surface area contributed by atoms with E-state index >= 15 is 0 Å². The van der Waals surface area contributed by atoms with Gasteiger partial charge in [0, 0.05) is 24.0 Å². The van der Waals surface area contributed by atoms with Crippen molar-refractivity contribution in [2.45, 2.75) is 13.3 Å². The standard InChI is InChI=1S/C19H25N3O2/c1-13-4-6-17(12-18(13)24-9-8-22(2)3)21-19(23)20-16-7-5-14-10-15(14)11-16/h4-7,11-12,14-15H,8-10H2,1-3H3,(H2,20,21,23). The second kappa shape index (κ2) is 7.09.